The molecule has 1 unspecified atom stereocenters. The summed E-state index contributed by atoms with van der Waals surface area (Å²) in [5, 5.41) is 0. The van der Waals surface area contributed by atoms with Gasteiger partial charge in [-0.15, -0.1) is 0 Å². The lowest BCUT2D eigenvalue weighted by Gasteiger charge is -2.27. The van der Waals surface area contributed by atoms with Crippen molar-refractivity contribution >= 4 is 0 Å². The van der Waals surface area contributed by atoms with Crippen molar-refractivity contribution in [1.29, 1.82) is 0 Å². The molecule has 0 aliphatic carbocycles. The number of nitrogens with two attached hydrogens (primary N) is 1. The van der Waals surface area contributed by atoms with Crippen molar-refractivity contribution < 1.29 is 4.74 Å². The first-order valence-corrected chi connectivity index (χ1v) is 7.34. The quantitative estimate of drug-likeness (QED) is 0.906. The highest BCUT2D eigenvalue weighted by Gasteiger charge is 2.18. The number of hydrogen-bond acceptors (Lipinski definition) is 3. The number of likely N-dealkylation sites (tertiary alicyclic amines) is 1. The monoisotopic (exact) mass is 262 g/mol. The van der Waals surface area contributed by atoms with E-state index >= 15 is 0 Å². The SMILES string of the molecule is COc1ccc(CN)cc1CN1CCCCCC1C. The fourth-order valence-electron chi connectivity index (χ4n) is 2.87. The molecule has 106 valence electrons. The molecule has 3 heteroatoms. The van der Waals surface area contributed by atoms with Crippen molar-refractivity contribution in [2.75, 3.05) is 13.7 Å². The molecule has 19 heavy (non-hydrogen) atoms. The molecule has 1 aromatic rings. The number of rotatable bonds is 4. The summed E-state index contributed by atoms with van der Waals surface area (Å²) < 4.78 is 5.49. The molecule has 1 aliphatic rings. The first-order chi connectivity index (χ1) is 9.24. The maximum atomic E-state index is 5.74. The number of benzene rings is 1. The largest absolute Gasteiger partial charge is 0.496 e. The van der Waals surface area contributed by atoms with Crippen molar-refractivity contribution in [3.05, 3.63) is 29.3 Å². The van der Waals surface area contributed by atoms with Gasteiger partial charge in [-0.2, -0.15) is 0 Å². The summed E-state index contributed by atoms with van der Waals surface area (Å²) in [6, 6.07) is 6.94. The maximum Gasteiger partial charge on any atom is 0.123 e. The van der Waals surface area contributed by atoms with Gasteiger partial charge in [0.1, 0.15) is 5.75 Å². The fourth-order valence-corrected chi connectivity index (χ4v) is 2.87. The Morgan fingerprint density at radius 1 is 1.32 bits per heavy atom. The van der Waals surface area contributed by atoms with E-state index in [-0.39, 0.29) is 0 Å². The molecule has 0 radical (unpaired) electrons. The van der Waals surface area contributed by atoms with Crippen LogP contribution < -0.4 is 10.5 Å². The Kier molecular flexibility index (Phi) is 5.23. The summed E-state index contributed by atoms with van der Waals surface area (Å²) in [5.41, 5.74) is 8.18. The third-order valence-electron chi connectivity index (χ3n) is 4.14. The topological polar surface area (TPSA) is 38.5 Å². The molecule has 0 aromatic heterocycles. The van der Waals surface area contributed by atoms with Crippen molar-refractivity contribution in [1.82, 2.24) is 4.90 Å². The van der Waals surface area contributed by atoms with Crippen LogP contribution in [0, 0.1) is 0 Å². The zero-order chi connectivity index (χ0) is 13.7. The van der Waals surface area contributed by atoms with Crippen LogP contribution in [-0.2, 0) is 13.1 Å². The van der Waals surface area contributed by atoms with Crippen molar-refractivity contribution in [2.24, 2.45) is 5.73 Å². The van der Waals surface area contributed by atoms with Crippen LogP contribution in [0.1, 0.15) is 43.7 Å². The Morgan fingerprint density at radius 3 is 2.89 bits per heavy atom. The average molecular weight is 262 g/mol. The van der Waals surface area contributed by atoms with Gasteiger partial charge in [0.2, 0.25) is 0 Å². The van der Waals surface area contributed by atoms with Crippen LogP contribution in [-0.4, -0.2) is 24.6 Å². The smallest absolute Gasteiger partial charge is 0.123 e. The van der Waals surface area contributed by atoms with Gasteiger partial charge in [0.15, 0.2) is 0 Å². The molecule has 1 atom stereocenters. The summed E-state index contributed by atoms with van der Waals surface area (Å²) in [6.45, 7) is 5.09. The molecule has 1 aromatic carbocycles. The van der Waals surface area contributed by atoms with E-state index in [0.29, 0.717) is 12.6 Å². The summed E-state index contributed by atoms with van der Waals surface area (Å²) in [7, 11) is 1.74. The summed E-state index contributed by atoms with van der Waals surface area (Å²) in [5.74, 6) is 0.980. The highest BCUT2D eigenvalue weighted by molar-refractivity contribution is 5.37. The molecule has 1 heterocycles. The van der Waals surface area contributed by atoms with Crippen molar-refractivity contribution in [3.63, 3.8) is 0 Å². The summed E-state index contributed by atoms with van der Waals surface area (Å²) in [4.78, 5) is 2.57. The van der Waals surface area contributed by atoms with E-state index in [4.69, 9.17) is 10.5 Å². The minimum Gasteiger partial charge on any atom is -0.496 e. The second kappa shape index (κ2) is 6.92. The van der Waals surface area contributed by atoms with Crippen LogP contribution in [0.2, 0.25) is 0 Å². The van der Waals surface area contributed by atoms with E-state index < -0.39 is 0 Å². The molecule has 0 bridgehead atoms. The number of methoxy groups -OCH3 is 1. The maximum absolute atomic E-state index is 5.74. The van der Waals surface area contributed by atoms with Gasteiger partial charge in [0.25, 0.3) is 0 Å². The molecule has 1 aliphatic heterocycles. The van der Waals surface area contributed by atoms with Gasteiger partial charge in [-0.3, -0.25) is 4.90 Å². The van der Waals surface area contributed by atoms with Crippen LogP contribution in [0.25, 0.3) is 0 Å². The van der Waals surface area contributed by atoms with Gasteiger partial charge in [-0.25, -0.2) is 0 Å². The molecule has 1 fully saturated rings. The Morgan fingerprint density at radius 2 is 2.16 bits per heavy atom. The van der Waals surface area contributed by atoms with E-state index in [2.05, 4.69) is 17.9 Å². The lowest BCUT2D eigenvalue weighted by atomic mass is 10.1. The first-order valence-electron chi connectivity index (χ1n) is 7.34. The Balaban J connectivity index is 2.15. The number of ether oxygens (including phenoxy) is 1. The third-order valence-corrected chi connectivity index (χ3v) is 4.14. The molecule has 0 saturated carbocycles. The predicted octanol–water partition coefficient (Wildman–Crippen LogP) is 2.92. The minimum atomic E-state index is 0.590. The van der Waals surface area contributed by atoms with Gasteiger partial charge in [0.05, 0.1) is 7.11 Å². The van der Waals surface area contributed by atoms with E-state index in [0.717, 1.165) is 12.3 Å². The molecule has 2 rings (SSSR count). The second-order valence-electron chi connectivity index (χ2n) is 5.52. The predicted molar refractivity (Wildman–Crippen MR) is 79.2 cm³/mol. The van der Waals surface area contributed by atoms with Crippen LogP contribution in [0.15, 0.2) is 18.2 Å². The van der Waals surface area contributed by atoms with Gasteiger partial charge in [-0.05, 0) is 44.0 Å². The molecule has 1 saturated heterocycles. The summed E-state index contributed by atoms with van der Waals surface area (Å²) in [6.07, 6.45) is 5.33. The fraction of sp³-hybridized carbons (Fsp3) is 0.625. The van der Waals surface area contributed by atoms with Crippen LogP contribution in [0.4, 0.5) is 0 Å². The average Bonchev–Trinajstić information content (AvgIpc) is 2.64. The molecule has 0 amide bonds. The Bertz CT molecular complexity index is 406. The zero-order valence-electron chi connectivity index (χ0n) is 12.2. The normalized spacial score (nSPS) is 21.1. The molecule has 2 N–H and O–H groups in total. The van der Waals surface area contributed by atoms with E-state index in [1.165, 1.54) is 43.4 Å². The third kappa shape index (κ3) is 3.71. The standard InChI is InChI=1S/C16H26N2O/c1-13-6-4-3-5-9-18(13)12-15-10-14(11-17)7-8-16(15)19-2/h7-8,10,13H,3-6,9,11-12,17H2,1-2H3. The molecule has 0 spiro atoms. The van der Waals surface area contributed by atoms with Gasteiger partial charge < -0.3 is 10.5 Å². The highest BCUT2D eigenvalue weighted by Crippen LogP contribution is 2.25. The van der Waals surface area contributed by atoms with Gasteiger partial charge >= 0.3 is 0 Å². The molecular formula is C16H26N2O. The molecule has 3 nitrogen and oxygen atoms in total. The van der Waals surface area contributed by atoms with Crippen LogP contribution in [0.3, 0.4) is 0 Å². The number of hydrogen-bond donors (Lipinski definition) is 1. The number of nitrogens with zero attached hydrogens (tertiary/aromatic N) is 1. The second-order valence-corrected chi connectivity index (χ2v) is 5.52. The minimum absolute atomic E-state index is 0.590. The van der Waals surface area contributed by atoms with E-state index in [1.807, 2.05) is 12.1 Å². The molecular weight excluding hydrogens is 236 g/mol. The first kappa shape index (κ1) is 14.4. The van der Waals surface area contributed by atoms with Crippen LogP contribution >= 0.6 is 0 Å². The van der Waals surface area contributed by atoms with Gasteiger partial charge in [0, 0.05) is 24.7 Å². The van der Waals surface area contributed by atoms with Crippen molar-refractivity contribution in [2.45, 2.75) is 51.7 Å². The Labute approximate surface area is 116 Å². The van der Waals surface area contributed by atoms with E-state index in [1.54, 1.807) is 7.11 Å². The lowest BCUT2D eigenvalue weighted by Crippen LogP contribution is -2.32. The van der Waals surface area contributed by atoms with E-state index in [9.17, 15) is 0 Å². The zero-order valence-corrected chi connectivity index (χ0v) is 12.2. The Hall–Kier alpha value is -1.06. The highest BCUT2D eigenvalue weighted by atomic mass is 16.5. The van der Waals surface area contributed by atoms with Crippen LogP contribution in [0.5, 0.6) is 5.75 Å². The van der Waals surface area contributed by atoms with Crippen molar-refractivity contribution in [3.8, 4) is 5.75 Å². The van der Waals surface area contributed by atoms with Gasteiger partial charge in [-0.1, -0.05) is 18.9 Å². The summed E-state index contributed by atoms with van der Waals surface area (Å²) >= 11 is 0. The lowest BCUT2D eigenvalue weighted by molar-refractivity contribution is 0.202.